The average Bonchev–Trinajstić information content (AvgIpc) is 3.37. The van der Waals surface area contributed by atoms with Crippen molar-refractivity contribution in [1.82, 2.24) is 15.2 Å². The summed E-state index contributed by atoms with van der Waals surface area (Å²) in [4.78, 5) is 42.0. The van der Waals surface area contributed by atoms with Crippen molar-refractivity contribution < 1.29 is 19.5 Å². The molecule has 0 saturated heterocycles. The summed E-state index contributed by atoms with van der Waals surface area (Å²) in [6, 6.07) is -0.755. The number of imide groups is 1. The van der Waals surface area contributed by atoms with Gasteiger partial charge in [-0.05, 0) is 50.4 Å². The Morgan fingerprint density at radius 1 is 1.20 bits per heavy atom. The number of nitrogens with zero attached hydrogens (tertiary/aromatic N) is 2. The van der Waals surface area contributed by atoms with Gasteiger partial charge in [0.15, 0.2) is 5.13 Å². The number of rotatable bonds is 7. The molecule has 3 rings (SSSR count). The van der Waals surface area contributed by atoms with Gasteiger partial charge in [0.1, 0.15) is 0 Å². The Kier molecular flexibility index (Phi) is 8.38. The van der Waals surface area contributed by atoms with Crippen molar-refractivity contribution in [3.63, 3.8) is 0 Å². The molecule has 0 unspecified atom stereocenters. The topological polar surface area (TPSA) is 112 Å². The first-order chi connectivity index (χ1) is 14.4. The Labute approximate surface area is 185 Å². The van der Waals surface area contributed by atoms with Crippen molar-refractivity contribution in [2.24, 2.45) is 11.8 Å². The lowest BCUT2D eigenvalue weighted by molar-refractivity contribution is -0.133. The first kappa shape index (κ1) is 22.9. The smallest absolute Gasteiger partial charge is 0.329 e. The molecule has 1 aromatic heterocycles. The second-order valence-electron chi connectivity index (χ2n) is 8.27. The Bertz CT molecular complexity index is 743. The first-order valence-electron chi connectivity index (χ1n) is 10.6. The zero-order chi connectivity index (χ0) is 21.5. The lowest BCUT2D eigenvalue weighted by atomic mass is 9.86. The Morgan fingerprint density at radius 2 is 1.90 bits per heavy atom. The minimum atomic E-state index is -0.911. The van der Waals surface area contributed by atoms with E-state index in [0.717, 1.165) is 50.3 Å². The van der Waals surface area contributed by atoms with Crippen LogP contribution in [0.1, 0.15) is 58.3 Å². The zero-order valence-electron chi connectivity index (χ0n) is 17.3. The predicted molar refractivity (Wildman–Crippen MR) is 118 cm³/mol. The number of aliphatic carboxylic acids is 1. The van der Waals surface area contributed by atoms with Crippen LogP contribution in [0.5, 0.6) is 0 Å². The number of carbonyl (C=O) groups is 3. The highest BCUT2D eigenvalue weighted by Crippen LogP contribution is 2.31. The average molecular weight is 455 g/mol. The molecule has 2 aliphatic carbocycles. The summed E-state index contributed by atoms with van der Waals surface area (Å²) in [5.41, 5.74) is 0. The number of hydrogen-bond donors (Lipinski definition) is 3. The van der Waals surface area contributed by atoms with Crippen LogP contribution in [0.2, 0.25) is 0 Å². The minimum Gasteiger partial charge on any atom is -0.481 e. The predicted octanol–water partition coefficient (Wildman–Crippen LogP) is 4.63. The van der Waals surface area contributed by atoms with E-state index in [1.165, 1.54) is 30.4 Å². The second-order valence-corrected chi connectivity index (χ2v) is 10.6. The van der Waals surface area contributed by atoms with Gasteiger partial charge in [0.2, 0.25) is 0 Å². The Morgan fingerprint density at radius 3 is 2.57 bits per heavy atom. The standard InChI is InChI=1S/C20H30N4O4S2/c1-13-6-8-15(9-7-13)24(11-14-4-2-3-5-14)20(28)23-18(27)22-19-21-10-17(30-19)29-12-16(25)26/h10,13-15H,2-9,11-12H2,1H3,(H,25,26)(H2,21,22,23,27,28)/t13-,15-. The fourth-order valence-corrected chi connectivity index (χ4v) is 5.82. The van der Waals surface area contributed by atoms with E-state index in [0.29, 0.717) is 27.7 Å². The lowest BCUT2D eigenvalue weighted by Crippen LogP contribution is -2.51. The van der Waals surface area contributed by atoms with E-state index < -0.39 is 12.0 Å². The molecule has 1 heterocycles. The van der Waals surface area contributed by atoms with Crippen molar-refractivity contribution in [3.8, 4) is 0 Å². The maximum Gasteiger partial charge on any atom is 0.329 e. The van der Waals surface area contributed by atoms with Gasteiger partial charge < -0.3 is 10.0 Å². The van der Waals surface area contributed by atoms with Gasteiger partial charge in [0.05, 0.1) is 16.2 Å². The summed E-state index contributed by atoms with van der Waals surface area (Å²) in [5, 5.41) is 14.1. The summed E-state index contributed by atoms with van der Waals surface area (Å²) in [7, 11) is 0. The molecule has 4 amide bonds. The largest absolute Gasteiger partial charge is 0.481 e. The number of amides is 4. The summed E-state index contributed by atoms with van der Waals surface area (Å²) in [6.07, 6.45) is 10.4. The number of carboxylic acid groups (broad SMARTS) is 1. The number of aromatic nitrogens is 1. The van der Waals surface area contributed by atoms with Crippen LogP contribution in [0.15, 0.2) is 10.4 Å². The quantitative estimate of drug-likeness (QED) is 0.518. The van der Waals surface area contributed by atoms with E-state index >= 15 is 0 Å². The van der Waals surface area contributed by atoms with Crippen LogP contribution in [0.3, 0.4) is 0 Å². The third-order valence-electron chi connectivity index (χ3n) is 5.88. The summed E-state index contributed by atoms with van der Waals surface area (Å²) in [5.74, 6) is 0.235. The van der Waals surface area contributed by atoms with Crippen molar-refractivity contribution in [2.75, 3.05) is 17.6 Å². The molecule has 0 radical (unpaired) electrons. The fraction of sp³-hybridized carbons (Fsp3) is 0.700. The van der Waals surface area contributed by atoms with Gasteiger partial charge in [0, 0.05) is 12.6 Å². The van der Waals surface area contributed by atoms with Crippen LogP contribution < -0.4 is 10.6 Å². The van der Waals surface area contributed by atoms with Crippen LogP contribution in [0.4, 0.5) is 14.7 Å². The number of carbonyl (C=O) groups excluding carboxylic acids is 2. The van der Waals surface area contributed by atoms with Crippen LogP contribution in [-0.4, -0.2) is 51.4 Å². The maximum atomic E-state index is 13.0. The molecule has 166 valence electrons. The molecule has 0 spiro atoms. The molecule has 30 heavy (non-hydrogen) atoms. The maximum absolute atomic E-state index is 13.0. The molecule has 2 fully saturated rings. The Hall–Kier alpha value is -1.81. The van der Waals surface area contributed by atoms with Crippen LogP contribution >= 0.6 is 23.1 Å². The number of urea groups is 2. The molecular weight excluding hydrogens is 424 g/mol. The lowest BCUT2D eigenvalue weighted by Gasteiger charge is -2.37. The highest BCUT2D eigenvalue weighted by molar-refractivity contribution is 8.01. The van der Waals surface area contributed by atoms with E-state index in [2.05, 4.69) is 22.5 Å². The normalized spacial score (nSPS) is 21.9. The second kappa shape index (κ2) is 11.0. The monoisotopic (exact) mass is 454 g/mol. The molecule has 0 atom stereocenters. The molecular formula is C20H30N4O4S2. The zero-order valence-corrected chi connectivity index (χ0v) is 18.9. The number of hydrogen-bond acceptors (Lipinski definition) is 6. The number of anilines is 1. The summed E-state index contributed by atoms with van der Waals surface area (Å²) in [6.45, 7) is 2.97. The van der Waals surface area contributed by atoms with Gasteiger partial charge in [-0.3, -0.25) is 15.4 Å². The van der Waals surface area contributed by atoms with E-state index in [4.69, 9.17) is 5.11 Å². The van der Waals surface area contributed by atoms with Crippen LogP contribution in [0, 0.1) is 11.8 Å². The van der Waals surface area contributed by atoms with Gasteiger partial charge in [-0.25, -0.2) is 14.6 Å². The van der Waals surface area contributed by atoms with E-state index in [1.54, 1.807) is 0 Å². The first-order valence-corrected chi connectivity index (χ1v) is 12.4. The number of thiazole rings is 1. The van der Waals surface area contributed by atoms with Crippen LogP contribution in [-0.2, 0) is 4.79 Å². The summed E-state index contributed by atoms with van der Waals surface area (Å²) >= 11 is 2.33. The van der Waals surface area contributed by atoms with Gasteiger partial charge in [-0.2, -0.15) is 0 Å². The van der Waals surface area contributed by atoms with Crippen LogP contribution in [0.25, 0.3) is 0 Å². The molecule has 10 heteroatoms. The van der Waals surface area contributed by atoms with E-state index in [9.17, 15) is 14.4 Å². The van der Waals surface area contributed by atoms with Gasteiger partial charge >= 0.3 is 18.0 Å². The molecule has 8 nitrogen and oxygen atoms in total. The third kappa shape index (κ3) is 6.87. The van der Waals surface area contributed by atoms with Crippen molar-refractivity contribution in [2.45, 2.75) is 68.5 Å². The minimum absolute atomic E-state index is 0.0670. The van der Waals surface area contributed by atoms with E-state index in [-0.39, 0.29) is 17.8 Å². The van der Waals surface area contributed by atoms with Gasteiger partial charge in [0.25, 0.3) is 0 Å². The van der Waals surface area contributed by atoms with Crippen molar-refractivity contribution in [3.05, 3.63) is 6.20 Å². The molecule has 0 aromatic carbocycles. The molecule has 1 aromatic rings. The SMILES string of the molecule is C[C@H]1CC[C@H](N(CC2CCCC2)C(=O)NC(=O)Nc2ncc(SCC(=O)O)s2)CC1. The molecule has 0 bridgehead atoms. The molecule has 2 aliphatic rings. The third-order valence-corrected chi connectivity index (χ3v) is 7.97. The van der Waals surface area contributed by atoms with Crippen molar-refractivity contribution in [1.29, 1.82) is 0 Å². The molecule has 2 saturated carbocycles. The van der Waals surface area contributed by atoms with Crippen molar-refractivity contribution >= 4 is 46.3 Å². The van der Waals surface area contributed by atoms with E-state index in [1.807, 2.05) is 4.90 Å². The number of carboxylic acids is 1. The number of thioether (sulfide) groups is 1. The van der Waals surface area contributed by atoms with Gasteiger partial charge in [-0.15, -0.1) is 11.8 Å². The number of nitrogens with one attached hydrogen (secondary N) is 2. The van der Waals surface area contributed by atoms with Gasteiger partial charge in [-0.1, -0.05) is 31.1 Å². The Balaban J connectivity index is 1.55. The summed E-state index contributed by atoms with van der Waals surface area (Å²) < 4.78 is 0.693. The molecule has 3 N–H and O–H groups in total. The highest BCUT2D eigenvalue weighted by atomic mass is 32.2. The highest BCUT2D eigenvalue weighted by Gasteiger charge is 2.31. The molecule has 0 aliphatic heterocycles. The fourth-order valence-electron chi connectivity index (χ4n) is 4.24.